The lowest BCUT2D eigenvalue weighted by Crippen LogP contribution is -2.41. The zero-order valence-electron chi connectivity index (χ0n) is 11.5. The van der Waals surface area contributed by atoms with Gasteiger partial charge in [0.2, 0.25) is 5.91 Å². The molecule has 2 rings (SSSR count). The fourth-order valence-electron chi connectivity index (χ4n) is 2.54. The number of carbonyl (C=O) groups excluding carboxylic acids is 2. The first-order valence-corrected chi connectivity index (χ1v) is 6.88. The third kappa shape index (κ3) is 3.07. The molecule has 4 heteroatoms. The fraction of sp³-hybridized carbons (Fsp3) is 0.375. The van der Waals surface area contributed by atoms with Crippen molar-refractivity contribution in [3.8, 4) is 0 Å². The summed E-state index contributed by atoms with van der Waals surface area (Å²) >= 11 is 0. The van der Waals surface area contributed by atoms with E-state index in [1.807, 2.05) is 37.3 Å². The lowest BCUT2D eigenvalue weighted by molar-refractivity contribution is -0.313. The number of rotatable bonds is 4. The molecule has 0 saturated heterocycles. The van der Waals surface area contributed by atoms with Crippen molar-refractivity contribution in [3.05, 3.63) is 42.0 Å². The summed E-state index contributed by atoms with van der Waals surface area (Å²) in [5, 5.41) is 14.0. The highest BCUT2D eigenvalue weighted by molar-refractivity contribution is 5.95. The lowest BCUT2D eigenvalue weighted by Gasteiger charge is -2.28. The van der Waals surface area contributed by atoms with Gasteiger partial charge >= 0.3 is 0 Å². The molecule has 2 atom stereocenters. The van der Waals surface area contributed by atoms with Crippen LogP contribution in [0.1, 0.15) is 25.3 Å². The van der Waals surface area contributed by atoms with E-state index in [1.54, 1.807) is 6.08 Å². The molecular formula is C16H18NO3-. The number of allylic oxidation sites excluding steroid dienone is 2. The highest BCUT2D eigenvalue weighted by Gasteiger charge is 2.29. The van der Waals surface area contributed by atoms with Crippen molar-refractivity contribution in [2.75, 3.05) is 5.32 Å². The van der Waals surface area contributed by atoms with Crippen LogP contribution in [-0.4, -0.2) is 11.9 Å². The van der Waals surface area contributed by atoms with Gasteiger partial charge in [-0.25, -0.2) is 0 Å². The predicted octanol–water partition coefficient (Wildman–Crippen LogP) is 1.52. The molecule has 0 spiro atoms. The van der Waals surface area contributed by atoms with E-state index in [1.165, 1.54) is 0 Å². The summed E-state index contributed by atoms with van der Waals surface area (Å²) in [6, 6.07) is 7.56. The molecule has 0 bridgehead atoms. The molecule has 0 aliphatic heterocycles. The van der Waals surface area contributed by atoms with Crippen molar-refractivity contribution in [1.82, 2.24) is 0 Å². The van der Waals surface area contributed by atoms with Gasteiger partial charge in [0.25, 0.3) is 0 Å². The summed E-state index contributed by atoms with van der Waals surface area (Å²) < 4.78 is 0. The van der Waals surface area contributed by atoms with Crippen LogP contribution in [0.25, 0.3) is 0 Å². The largest absolute Gasteiger partial charge is 0.550 e. The molecule has 106 valence electrons. The zero-order chi connectivity index (χ0) is 14.5. The molecule has 0 unspecified atom stereocenters. The standard InChI is InChI=1S/C16H19NO3/c1-2-11-7-3-6-10-14(11)17-15(18)12-8-4-5-9-13(12)16(19)20/h3-7,10,12-13H,2,8-9H2,1H3,(H,17,18)(H,19,20)/p-1/t12-,13-/m0/s1. The molecule has 0 fully saturated rings. The molecule has 4 nitrogen and oxygen atoms in total. The second kappa shape index (κ2) is 6.37. The number of carboxylic acids is 1. The second-order valence-electron chi connectivity index (χ2n) is 4.97. The summed E-state index contributed by atoms with van der Waals surface area (Å²) in [7, 11) is 0. The third-order valence-corrected chi connectivity index (χ3v) is 3.73. The second-order valence-corrected chi connectivity index (χ2v) is 4.97. The molecule has 1 N–H and O–H groups in total. The number of carboxylic acid groups (broad SMARTS) is 1. The van der Waals surface area contributed by atoms with Crippen LogP contribution in [0.4, 0.5) is 5.69 Å². The first-order chi connectivity index (χ1) is 9.63. The number of hydrogen-bond donors (Lipinski definition) is 1. The fourth-order valence-corrected chi connectivity index (χ4v) is 2.54. The Morgan fingerprint density at radius 1 is 1.20 bits per heavy atom. The highest BCUT2D eigenvalue weighted by atomic mass is 16.4. The molecule has 0 radical (unpaired) electrons. The summed E-state index contributed by atoms with van der Waals surface area (Å²) in [4.78, 5) is 23.4. The maximum Gasteiger partial charge on any atom is 0.228 e. The molecule has 1 amide bonds. The van der Waals surface area contributed by atoms with Crippen molar-refractivity contribution in [2.45, 2.75) is 26.2 Å². The van der Waals surface area contributed by atoms with E-state index in [9.17, 15) is 14.7 Å². The first-order valence-electron chi connectivity index (χ1n) is 6.88. The number of carbonyl (C=O) groups is 2. The monoisotopic (exact) mass is 272 g/mol. The number of benzene rings is 1. The van der Waals surface area contributed by atoms with Crippen LogP contribution in [0.15, 0.2) is 36.4 Å². The first kappa shape index (κ1) is 14.3. The van der Waals surface area contributed by atoms with Crippen molar-refractivity contribution in [1.29, 1.82) is 0 Å². The molecular weight excluding hydrogens is 254 g/mol. The number of para-hydroxylation sites is 1. The van der Waals surface area contributed by atoms with Crippen LogP contribution in [0, 0.1) is 11.8 Å². The van der Waals surface area contributed by atoms with Crippen molar-refractivity contribution >= 4 is 17.6 Å². The summed E-state index contributed by atoms with van der Waals surface area (Å²) in [6.45, 7) is 2.01. The lowest BCUT2D eigenvalue weighted by atomic mass is 9.82. The number of nitrogens with one attached hydrogen (secondary N) is 1. The molecule has 0 heterocycles. The number of aliphatic carboxylic acids is 1. The van der Waals surface area contributed by atoms with E-state index >= 15 is 0 Å². The minimum absolute atomic E-state index is 0.246. The van der Waals surface area contributed by atoms with Gasteiger partial charge in [0, 0.05) is 17.6 Å². The van der Waals surface area contributed by atoms with Gasteiger partial charge in [0.05, 0.1) is 5.92 Å². The van der Waals surface area contributed by atoms with Crippen molar-refractivity contribution in [3.63, 3.8) is 0 Å². The maximum absolute atomic E-state index is 12.3. The maximum atomic E-state index is 12.3. The van der Waals surface area contributed by atoms with E-state index < -0.39 is 17.8 Å². The van der Waals surface area contributed by atoms with Crippen LogP contribution < -0.4 is 10.4 Å². The number of hydrogen-bond acceptors (Lipinski definition) is 3. The number of anilines is 1. The van der Waals surface area contributed by atoms with Gasteiger partial charge in [0.15, 0.2) is 0 Å². The van der Waals surface area contributed by atoms with Crippen LogP contribution in [-0.2, 0) is 16.0 Å². The highest BCUT2D eigenvalue weighted by Crippen LogP contribution is 2.27. The Bertz CT molecular complexity index is 536. The summed E-state index contributed by atoms with van der Waals surface area (Å²) in [5.74, 6) is -2.70. The van der Waals surface area contributed by atoms with Gasteiger partial charge in [-0.1, -0.05) is 37.3 Å². The Morgan fingerprint density at radius 3 is 2.50 bits per heavy atom. The third-order valence-electron chi connectivity index (χ3n) is 3.73. The van der Waals surface area contributed by atoms with Crippen LogP contribution in [0.2, 0.25) is 0 Å². The molecule has 1 aliphatic rings. The van der Waals surface area contributed by atoms with Gasteiger partial charge in [-0.05, 0) is 30.9 Å². The Morgan fingerprint density at radius 2 is 1.85 bits per heavy atom. The minimum Gasteiger partial charge on any atom is -0.550 e. The van der Waals surface area contributed by atoms with Crippen molar-refractivity contribution in [2.24, 2.45) is 11.8 Å². The average molecular weight is 272 g/mol. The smallest absolute Gasteiger partial charge is 0.228 e. The normalized spacial score (nSPS) is 21.4. The Kier molecular flexibility index (Phi) is 4.56. The molecule has 0 aromatic heterocycles. The summed E-state index contributed by atoms with van der Waals surface area (Å²) in [5.41, 5.74) is 1.80. The zero-order valence-corrected chi connectivity index (χ0v) is 11.5. The van der Waals surface area contributed by atoms with E-state index in [-0.39, 0.29) is 5.91 Å². The van der Waals surface area contributed by atoms with Gasteiger partial charge in [0.1, 0.15) is 0 Å². The SMILES string of the molecule is CCc1ccccc1NC(=O)[C@H]1CC=CC[C@@H]1C(=O)[O-]. The van der Waals surface area contributed by atoms with Crippen LogP contribution in [0.5, 0.6) is 0 Å². The van der Waals surface area contributed by atoms with E-state index in [0.29, 0.717) is 12.8 Å². The van der Waals surface area contributed by atoms with Gasteiger partial charge in [-0.3, -0.25) is 4.79 Å². The quantitative estimate of drug-likeness (QED) is 0.845. The molecule has 1 aromatic rings. The van der Waals surface area contributed by atoms with Gasteiger partial charge in [-0.2, -0.15) is 0 Å². The Labute approximate surface area is 118 Å². The minimum atomic E-state index is -1.15. The molecule has 1 aliphatic carbocycles. The van der Waals surface area contributed by atoms with Crippen LogP contribution in [0.3, 0.4) is 0 Å². The number of amides is 1. The van der Waals surface area contributed by atoms with E-state index in [0.717, 1.165) is 17.7 Å². The van der Waals surface area contributed by atoms with Crippen molar-refractivity contribution < 1.29 is 14.7 Å². The van der Waals surface area contributed by atoms with E-state index in [2.05, 4.69) is 5.32 Å². The average Bonchev–Trinajstić information content (AvgIpc) is 2.47. The molecule has 1 aromatic carbocycles. The Hall–Kier alpha value is -2.10. The van der Waals surface area contributed by atoms with Gasteiger partial charge < -0.3 is 15.2 Å². The predicted molar refractivity (Wildman–Crippen MR) is 74.8 cm³/mol. The molecule has 0 saturated carbocycles. The molecule has 20 heavy (non-hydrogen) atoms. The van der Waals surface area contributed by atoms with Crippen LogP contribution >= 0.6 is 0 Å². The Balaban J connectivity index is 2.14. The van der Waals surface area contributed by atoms with Gasteiger partial charge in [-0.15, -0.1) is 0 Å². The number of aryl methyl sites for hydroxylation is 1. The summed E-state index contributed by atoms with van der Waals surface area (Å²) in [6.07, 6.45) is 5.26. The topological polar surface area (TPSA) is 69.2 Å². The van der Waals surface area contributed by atoms with E-state index in [4.69, 9.17) is 0 Å².